The largest absolute Gasteiger partial charge is 0.447 e. The Balaban J connectivity index is 1.86. The summed E-state index contributed by atoms with van der Waals surface area (Å²) in [4.78, 5) is 10.8. The number of ether oxygens (including phenoxy) is 1. The number of cyclic esters (lactones) is 1. The lowest BCUT2D eigenvalue weighted by Gasteiger charge is -2.33. The molecule has 68 valence electrons. The average Bonchev–Trinajstić information content (AvgIpc) is 2.31. The van der Waals surface area contributed by atoms with Crippen LogP contribution in [-0.4, -0.2) is 18.7 Å². The molecule has 12 heavy (non-hydrogen) atoms. The van der Waals surface area contributed by atoms with Gasteiger partial charge in [-0.25, -0.2) is 4.79 Å². The van der Waals surface area contributed by atoms with Gasteiger partial charge in [-0.2, -0.15) is 0 Å². The van der Waals surface area contributed by atoms with E-state index in [1.807, 2.05) is 0 Å². The molecule has 0 aromatic heterocycles. The minimum absolute atomic E-state index is 0.244. The standard InChI is InChI=1S/C9H15NO2/c1-6(7-3-2-4-7)8-5-12-9(11)10-8/h6-8H,2-5H2,1H3,(H,10,11). The fourth-order valence-electron chi connectivity index (χ4n) is 1.98. The van der Waals surface area contributed by atoms with Gasteiger partial charge in [0.05, 0.1) is 6.04 Å². The smallest absolute Gasteiger partial charge is 0.407 e. The Morgan fingerprint density at radius 1 is 1.58 bits per heavy atom. The van der Waals surface area contributed by atoms with Gasteiger partial charge in [-0.1, -0.05) is 26.2 Å². The van der Waals surface area contributed by atoms with Crippen LogP contribution in [0.2, 0.25) is 0 Å². The van der Waals surface area contributed by atoms with E-state index in [0.717, 1.165) is 5.92 Å². The molecular formula is C9H15NO2. The molecule has 1 N–H and O–H groups in total. The van der Waals surface area contributed by atoms with Crippen molar-refractivity contribution >= 4 is 6.09 Å². The lowest BCUT2D eigenvalue weighted by Crippen LogP contribution is -2.38. The molecular weight excluding hydrogens is 154 g/mol. The monoisotopic (exact) mass is 169 g/mol. The van der Waals surface area contributed by atoms with E-state index < -0.39 is 0 Å². The molecule has 2 aliphatic rings. The molecule has 2 fully saturated rings. The number of hydrogen-bond donors (Lipinski definition) is 1. The van der Waals surface area contributed by atoms with Crippen LogP contribution in [0.5, 0.6) is 0 Å². The number of nitrogens with one attached hydrogen (secondary N) is 1. The molecule has 2 atom stereocenters. The van der Waals surface area contributed by atoms with E-state index in [1.54, 1.807) is 0 Å². The molecule has 1 saturated carbocycles. The van der Waals surface area contributed by atoms with Crippen LogP contribution in [-0.2, 0) is 4.74 Å². The zero-order valence-electron chi connectivity index (χ0n) is 7.38. The van der Waals surface area contributed by atoms with Gasteiger partial charge >= 0.3 is 6.09 Å². The molecule has 3 heteroatoms. The maximum atomic E-state index is 10.8. The predicted molar refractivity (Wildman–Crippen MR) is 44.8 cm³/mol. The number of amides is 1. The van der Waals surface area contributed by atoms with Crippen LogP contribution in [0.4, 0.5) is 4.79 Å². The molecule has 0 bridgehead atoms. The minimum Gasteiger partial charge on any atom is -0.447 e. The van der Waals surface area contributed by atoms with Gasteiger partial charge in [0.1, 0.15) is 6.61 Å². The van der Waals surface area contributed by atoms with Gasteiger partial charge in [0.15, 0.2) is 0 Å². The first-order chi connectivity index (χ1) is 5.77. The Kier molecular flexibility index (Phi) is 1.95. The number of alkyl carbamates (subject to hydrolysis) is 1. The van der Waals surface area contributed by atoms with Crippen LogP contribution in [0.1, 0.15) is 26.2 Å². The summed E-state index contributed by atoms with van der Waals surface area (Å²) in [6.07, 6.45) is 3.77. The van der Waals surface area contributed by atoms with E-state index >= 15 is 0 Å². The van der Waals surface area contributed by atoms with Crippen molar-refractivity contribution in [1.82, 2.24) is 5.32 Å². The Morgan fingerprint density at radius 3 is 2.75 bits per heavy atom. The third kappa shape index (κ3) is 1.28. The van der Waals surface area contributed by atoms with Crippen LogP contribution in [0.15, 0.2) is 0 Å². The quantitative estimate of drug-likeness (QED) is 0.680. The van der Waals surface area contributed by atoms with Crippen LogP contribution in [0.25, 0.3) is 0 Å². The molecule has 0 radical (unpaired) electrons. The summed E-state index contributed by atoms with van der Waals surface area (Å²) in [7, 11) is 0. The molecule has 3 nitrogen and oxygen atoms in total. The van der Waals surface area contributed by atoms with E-state index in [4.69, 9.17) is 4.74 Å². The van der Waals surface area contributed by atoms with Crippen LogP contribution >= 0.6 is 0 Å². The zero-order chi connectivity index (χ0) is 8.55. The van der Waals surface area contributed by atoms with Gasteiger partial charge < -0.3 is 10.1 Å². The van der Waals surface area contributed by atoms with Crippen molar-refractivity contribution in [1.29, 1.82) is 0 Å². The van der Waals surface area contributed by atoms with Gasteiger partial charge in [0, 0.05) is 0 Å². The number of hydrogen-bond acceptors (Lipinski definition) is 2. The summed E-state index contributed by atoms with van der Waals surface area (Å²) < 4.78 is 4.86. The van der Waals surface area contributed by atoms with Crippen molar-refractivity contribution in [2.75, 3.05) is 6.61 Å². The second-order valence-corrected chi connectivity index (χ2v) is 3.90. The molecule has 1 amide bonds. The molecule has 1 aliphatic carbocycles. The van der Waals surface area contributed by atoms with Crippen molar-refractivity contribution in [3.63, 3.8) is 0 Å². The maximum Gasteiger partial charge on any atom is 0.407 e. The molecule has 2 unspecified atom stereocenters. The first kappa shape index (κ1) is 7.90. The number of rotatable bonds is 2. The third-order valence-electron chi connectivity index (χ3n) is 3.23. The molecule has 2 rings (SSSR count). The van der Waals surface area contributed by atoms with Crippen molar-refractivity contribution in [2.45, 2.75) is 32.2 Å². The fourth-order valence-corrected chi connectivity index (χ4v) is 1.98. The highest BCUT2D eigenvalue weighted by molar-refractivity contribution is 5.69. The van der Waals surface area contributed by atoms with Crippen molar-refractivity contribution in [3.8, 4) is 0 Å². The first-order valence-electron chi connectivity index (χ1n) is 4.70. The second kappa shape index (κ2) is 2.96. The Morgan fingerprint density at radius 2 is 2.33 bits per heavy atom. The predicted octanol–water partition coefficient (Wildman–Crippen LogP) is 1.53. The van der Waals surface area contributed by atoms with Crippen molar-refractivity contribution < 1.29 is 9.53 Å². The van der Waals surface area contributed by atoms with Crippen molar-refractivity contribution in [3.05, 3.63) is 0 Å². The van der Waals surface area contributed by atoms with E-state index in [1.165, 1.54) is 19.3 Å². The molecule has 0 aromatic carbocycles. The van der Waals surface area contributed by atoms with Crippen LogP contribution < -0.4 is 5.32 Å². The zero-order valence-corrected chi connectivity index (χ0v) is 7.38. The highest BCUT2D eigenvalue weighted by Gasteiger charge is 2.34. The molecule has 0 aromatic rings. The summed E-state index contributed by atoms with van der Waals surface area (Å²) in [5.41, 5.74) is 0. The Labute approximate surface area is 72.5 Å². The van der Waals surface area contributed by atoms with Gasteiger partial charge in [0.2, 0.25) is 0 Å². The second-order valence-electron chi connectivity index (χ2n) is 3.90. The van der Waals surface area contributed by atoms with E-state index in [2.05, 4.69) is 12.2 Å². The summed E-state index contributed by atoms with van der Waals surface area (Å²) in [6, 6.07) is 0.266. The normalized spacial score (nSPS) is 32.1. The number of carbonyl (C=O) groups excluding carboxylic acids is 1. The Bertz CT molecular complexity index is 189. The molecule has 1 heterocycles. The van der Waals surface area contributed by atoms with Crippen LogP contribution in [0, 0.1) is 11.8 Å². The van der Waals surface area contributed by atoms with E-state index in [-0.39, 0.29) is 12.1 Å². The average molecular weight is 169 g/mol. The van der Waals surface area contributed by atoms with E-state index in [0.29, 0.717) is 12.5 Å². The third-order valence-corrected chi connectivity index (χ3v) is 3.23. The van der Waals surface area contributed by atoms with Gasteiger partial charge in [-0.05, 0) is 11.8 Å². The summed E-state index contributed by atoms with van der Waals surface area (Å²) in [5, 5.41) is 2.84. The number of carbonyl (C=O) groups is 1. The molecule has 1 saturated heterocycles. The van der Waals surface area contributed by atoms with Crippen LogP contribution in [0.3, 0.4) is 0 Å². The highest BCUT2D eigenvalue weighted by atomic mass is 16.6. The summed E-state index contributed by atoms with van der Waals surface area (Å²) in [6.45, 7) is 2.78. The van der Waals surface area contributed by atoms with Crippen molar-refractivity contribution in [2.24, 2.45) is 11.8 Å². The highest BCUT2D eigenvalue weighted by Crippen LogP contribution is 2.35. The molecule has 0 spiro atoms. The topological polar surface area (TPSA) is 38.3 Å². The summed E-state index contributed by atoms with van der Waals surface area (Å²) in [5.74, 6) is 1.40. The fraction of sp³-hybridized carbons (Fsp3) is 0.889. The molecule has 1 aliphatic heterocycles. The maximum absolute atomic E-state index is 10.8. The SMILES string of the molecule is CC(C1CCC1)C1COC(=O)N1. The van der Waals surface area contributed by atoms with Gasteiger partial charge in [-0.3, -0.25) is 0 Å². The van der Waals surface area contributed by atoms with E-state index in [9.17, 15) is 4.79 Å². The minimum atomic E-state index is -0.244. The lowest BCUT2D eigenvalue weighted by atomic mass is 9.74. The summed E-state index contributed by atoms with van der Waals surface area (Å²) >= 11 is 0. The first-order valence-corrected chi connectivity index (χ1v) is 4.70. The Hall–Kier alpha value is -0.730. The lowest BCUT2D eigenvalue weighted by molar-refractivity contribution is 0.159. The van der Waals surface area contributed by atoms with Gasteiger partial charge in [0.25, 0.3) is 0 Å². The van der Waals surface area contributed by atoms with Gasteiger partial charge in [-0.15, -0.1) is 0 Å².